The maximum Gasteiger partial charge on any atom is 0.251 e. The van der Waals surface area contributed by atoms with Gasteiger partial charge in [0, 0.05) is 41.4 Å². The molecule has 5 nitrogen and oxygen atoms in total. The van der Waals surface area contributed by atoms with Gasteiger partial charge in [-0.25, -0.2) is 4.98 Å². The Morgan fingerprint density at radius 2 is 1.89 bits per heavy atom. The van der Waals surface area contributed by atoms with E-state index in [2.05, 4.69) is 27.4 Å². The topological polar surface area (TPSA) is 67.0 Å². The van der Waals surface area contributed by atoms with Gasteiger partial charge in [0.1, 0.15) is 11.6 Å². The lowest BCUT2D eigenvalue weighted by Gasteiger charge is -2.20. The van der Waals surface area contributed by atoms with Crippen molar-refractivity contribution in [1.29, 1.82) is 0 Å². The molecule has 0 saturated carbocycles. The second kappa shape index (κ2) is 9.04. The van der Waals surface area contributed by atoms with Crippen LogP contribution < -0.4 is 15.6 Å². The molecule has 0 bridgehead atoms. The molecule has 0 aliphatic rings. The Morgan fingerprint density at radius 1 is 1.14 bits per heavy atom. The van der Waals surface area contributed by atoms with Gasteiger partial charge in [-0.05, 0) is 43.2 Å². The van der Waals surface area contributed by atoms with E-state index in [1.807, 2.05) is 37.3 Å². The van der Waals surface area contributed by atoms with Gasteiger partial charge in [-0.1, -0.05) is 35.9 Å². The summed E-state index contributed by atoms with van der Waals surface area (Å²) in [6.07, 6.45) is 0.584. The van der Waals surface area contributed by atoms with Crippen molar-refractivity contribution in [2.24, 2.45) is 0 Å². The van der Waals surface area contributed by atoms with Crippen LogP contribution in [-0.2, 0) is 13.0 Å². The summed E-state index contributed by atoms with van der Waals surface area (Å²) in [5, 5.41) is 4.27. The van der Waals surface area contributed by atoms with Crippen LogP contribution in [0.1, 0.15) is 34.3 Å². The number of rotatable bonds is 7. The summed E-state index contributed by atoms with van der Waals surface area (Å²) in [5.74, 6) is 1.46. The Bertz CT molecular complexity index is 999. The van der Waals surface area contributed by atoms with Crippen molar-refractivity contribution in [3.63, 3.8) is 0 Å². The number of H-pyrrole nitrogens is 1. The molecule has 2 N–H and O–H groups in total. The first kappa shape index (κ1) is 20.1. The van der Waals surface area contributed by atoms with Crippen LogP contribution >= 0.6 is 11.6 Å². The molecule has 0 fully saturated rings. The molecule has 3 aromatic rings. The van der Waals surface area contributed by atoms with Crippen molar-refractivity contribution in [3.8, 4) is 5.75 Å². The first-order valence-electron chi connectivity index (χ1n) is 9.14. The average Bonchev–Trinajstić information content (AvgIpc) is 2.65. The number of aromatic nitrogens is 2. The summed E-state index contributed by atoms with van der Waals surface area (Å²) in [4.78, 5) is 19.0. The van der Waals surface area contributed by atoms with E-state index in [0.29, 0.717) is 23.8 Å². The predicted octanol–water partition coefficient (Wildman–Crippen LogP) is 4.12. The number of nitrogens with one attached hydrogen (secondary N) is 2. The number of aryl methyl sites for hydroxylation is 2. The lowest BCUT2D eigenvalue weighted by Crippen LogP contribution is -2.24. The van der Waals surface area contributed by atoms with E-state index >= 15 is 0 Å². The molecule has 6 heteroatoms. The SMILES string of the molecule is COc1cc(C)ccc1CN[C@H](Cc1cc(=O)[nH]c(C)n1)c1ccc(Cl)cc1. The lowest BCUT2D eigenvalue weighted by molar-refractivity contribution is 0.404. The van der Waals surface area contributed by atoms with Gasteiger partial charge in [0.05, 0.1) is 7.11 Å². The highest BCUT2D eigenvalue weighted by molar-refractivity contribution is 6.30. The second-order valence-electron chi connectivity index (χ2n) is 6.83. The summed E-state index contributed by atoms with van der Waals surface area (Å²) in [7, 11) is 1.68. The third-order valence-electron chi connectivity index (χ3n) is 4.58. The Hall–Kier alpha value is -2.63. The van der Waals surface area contributed by atoms with E-state index in [1.165, 1.54) is 0 Å². The third kappa shape index (κ3) is 5.21. The average molecular weight is 398 g/mol. The zero-order valence-corrected chi connectivity index (χ0v) is 17.0. The fourth-order valence-electron chi connectivity index (χ4n) is 3.19. The van der Waals surface area contributed by atoms with Crippen LogP contribution in [0, 0.1) is 13.8 Å². The van der Waals surface area contributed by atoms with E-state index in [9.17, 15) is 4.79 Å². The molecular formula is C22H24ClN3O2. The summed E-state index contributed by atoms with van der Waals surface area (Å²) in [6.45, 7) is 4.45. The fraction of sp³-hybridized carbons (Fsp3) is 0.273. The minimum absolute atomic E-state index is 0.0306. The molecule has 1 atom stereocenters. The summed E-state index contributed by atoms with van der Waals surface area (Å²) in [6, 6.07) is 15.4. The fourth-order valence-corrected chi connectivity index (χ4v) is 3.31. The number of halogens is 1. The molecule has 0 amide bonds. The number of nitrogens with zero attached hydrogens (tertiary/aromatic N) is 1. The van der Waals surface area contributed by atoms with E-state index in [0.717, 1.165) is 28.1 Å². The highest BCUT2D eigenvalue weighted by atomic mass is 35.5. The summed E-state index contributed by atoms with van der Waals surface area (Å²) >= 11 is 6.05. The summed E-state index contributed by atoms with van der Waals surface area (Å²) < 4.78 is 5.51. The monoisotopic (exact) mass is 397 g/mol. The van der Waals surface area contributed by atoms with E-state index in [-0.39, 0.29) is 11.6 Å². The molecule has 0 aliphatic carbocycles. The molecule has 3 rings (SSSR count). The minimum Gasteiger partial charge on any atom is -0.496 e. The lowest BCUT2D eigenvalue weighted by atomic mass is 10.0. The standard InChI is InChI=1S/C22H24ClN3O2/c1-14-4-5-17(21(10-14)28-3)13-24-20(16-6-8-18(23)9-7-16)11-19-12-22(27)26-15(2)25-19/h4-10,12,20,24H,11,13H2,1-3H3,(H,25,26,27)/t20-/m1/s1. The van der Waals surface area contributed by atoms with Crippen LogP contribution in [0.2, 0.25) is 5.02 Å². The minimum atomic E-state index is -0.141. The molecule has 1 heterocycles. The molecule has 146 valence electrons. The van der Waals surface area contributed by atoms with Crippen LogP contribution in [0.5, 0.6) is 5.75 Å². The smallest absolute Gasteiger partial charge is 0.251 e. The van der Waals surface area contributed by atoms with Gasteiger partial charge in [0.2, 0.25) is 0 Å². The van der Waals surface area contributed by atoms with E-state index < -0.39 is 0 Å². The second-order valence-corrected chi connectivity index (χ2v) is 7.26. The molecule has 0 saturated heterocycles. The van der Waals surface area contributed by atoms with Gasteiger partial charge in [0.15, 0.2) is 0 Å². The van der Waals surface area contributed by atoms with Gasteiger partial charge in [-0.2, -0.15) is 0 Å². The molecule has 0 spiro atoms. The van der Waals surface area contributed by atoms with Gasteiger partial charge < -0.3 is 15.0 Å². The van der Waals surface area contributed by atoms with Crippen molar-refractivity contribution in [2.75, 3.05) is 7.11 Å². The molecule has 0 aliphatic heterocycles. The Balaban J connectivity index is 1.86. The van der Waals surface area contributed by atoms with Crippen LogP contribution in [0.3, 0.4) is 0 Å². The van der Waals surface area contributed by atoms with Crippen molar-refractivity contribution in [3.05, 3.63) is 92.1 Å². The number of hydrogen-bond donors (Lipinski definition) is 2. The van der Waals surface area contributed by atoms with Crippen molar-refractivity contribution in [1.82, 2.24) is 15.3 Å². The van der Waals surface area contributed by atoms with Gasteiger partial charge in [-0.15, -0.1) is 0 Å². The maximum absolute atomic E-state index is 11.8. The van der Waals surface area contributed by atoms with E-state index in [4.69, 9.17) is 16.3 Å². The maximum atomic E-state index is 11.8. The van der Waals surface area contributed by atoms with Crippen LogP contribution in [-0.4, -0.2) is 17.1 Å². The molecule has 0 unspecified atom stereocenters. The molecular weight excluding hydrogens is 374 g/mol. The Morgan fingerprint density at radius 3 is 2.57 bits per heavy atom. The Kier molecular flexibility index (Phi) is 6.49. The molecule has 1 aromatic heterocycles. The first-order chi connectivity index (χ1) is 13.4. The summed E-state index contributed by atoms with van der Waals surface area (Å²) in [5.41, 5.74) is 3.90. The number of aromatic amines is 1. The number of methoxy groups -OCH3 is 1. The van der Waals surface area contributed by atoms with Crippen molar-refractivity contribution >= 4 is 11.6 Å². The van der Waals surface area contributed by atoms with Crippen LogP contribution in [0.4, 0.5) is 0 Å². The first-order valence-corrected chi connectivity index (χ1v) is 9.51. The zero-order valence-electron chi connectivity index (χ0n) is 16.3. The van der Waals surface area contributed by atoms with E-state index in [1.54, 1.807) is 20.1 Å². The molecule has 2 aromatic carbocycles. The Labute approximate surface area is 169 Å². The quantitative estimate of drug-likeness (QED) is 0.629. The number of ether oxygens (including phenoxy) is 1. The third-order valence-corrected chi connectivity index (χ3v) is 4.83. The largest absolute Gasteiger partial charge is 0.496 e. The molecule has 28 heavy (non-hydrogen) atoms. The van der Waals surface area contributed by atoms with Crippen LogP contribution in [0.25, 0.3) is 0 Å². The van der Waals surface area contributed by atoms with Crippen molar-refractivity contribution < 1.29 is 4.74 Å². The predicted molar refractivity (Wildman–Crippen MR) is 112 cm³/mol. The number of benzene rings is 2. The van der Waals surface area contributed by atoms with Crippen LogP contribution in [0.15, 0.2) is 53.3 Å². The number of hydrogen-bond acceptors (Lipinski definition) is 4. The van der Waals surface area contributed by atoms with Gasteiger partial charge in [-0.3, -0.25) is 4.79 Å². The van der Waals surface area contributed by atoms with Crippen molar-refractivity contribution in [2.45, 2.75) is 32.9 Å². The highest BCUT2D eigenvalue weighted by Crippen LogP contribution is 2.23. The van der Waals surface area contributed by atoms with Gasteiger partial charge >= 0.3 is 0 Å². The highest BCUT2D eigenvalue weighted by Gasteiger charge is 2.15. The molecule has 0 radical (unpaired) electrons. The normalized spacial score (nSPS) is 12.0. The van der Waals surface area contributed by atoms with Gasteiger partial charge in [0.25, 0.3) is 5.56 Å². The zero-order chi connectivity index (χ0) is 20.1.